The summed E-state index contributed by atoms with van der Waals surface area (Å²) >= 11 is 0. The van der Waals surface area contributed by atoms with E-state index in [0.29, 0.717) is 45.9 Å². The van der Waals surface area contributed by atoms with Crippen molar-refractivity contribution in [2.75, 3.05) is 0 Å². The molecule has 10 aromatic rings. The second-order valence-corrected chi connectivity index (χ2v) is 14.4. The van der Waals surface area contributed by atoms with Crippen molar-refractivity contribution in [3.8, 4) is 78.9 Å². The largest absolute Gasteiger partial charge is 0.324 e. The van der Waals surface area contributed by atoms with Crippen LogP contribution in [0.25, 0.3) is 123 Å². The molecule has 0 spiro atoms. The van der Waals surface area contributed by atoms with E-state index in [1.54, 1.807) is 0 Å². The summed E-state index contributed by atoms with van der Waals surface area (Å²) in [6.07, 6.45) is 0. The molecule has 0 fully saturated rings. The third kappa shape index (κ3) is 5.02. The molecule has 8 bridgehead atoms. The summed E-state index contributed by atoms with van der Waals surface area (Å²) in [7, 11) is 0. The Labute approximate surface area is 331 Å². The number of rotatable bonds is 3. The summed E-state index contributed by atoms with van der Waals surface area (Å²) in [5.41, 5.74) is 12.7. The van der Waals surface area contributed by atoms with Crippen LogP contribution in [0.15, 0.2) is 170 Å². The Morgan fingerprint density at radius 3 is 1.12 bits per heavy atom. The van der Waals surface area contributed by atoms with Crippen LogP contribution in [-0.2, 0) is 0 Å². The summed E-state index contributed by atoms with van der Waals surface area (Å²) in [6, 6.07) is 58.3. The van der Waals surface area contributed by atoms with Crippen LogP contribution in [0.4, 0.5) is 0 Å². The predicted octanol–water partition coefficient (Wildman–Crippen LogP) is 11.9. The Bertz CT molecular complexity index is 3450. The second kappa shape index (κ2) is 12.7. The number of aromatic nitrogens is 8. The fourth-order valence-electron chi connectivity index (χ4n) is 8.44. The van der Waals surface area contributed by atoms with Crippen molar-refractivity contribution in [2.24, 2.45) is 0 Å². The lowest BCUT2D eigenvalue weighted by atomic mass is 9.85. The highest BCUT2D eigenvalue weighted by Crippen LogP contribution is 2.47. The molecule has 2 N–H and O–H groups in total. The number of aromatic amines is 2. The third-order valence-corrected chi connectivity index (χ3v) is 11.1. The van der Waals surface area contributed by atoms with Gasteiger partial charge in [-0.05, 0) is 33.9 Å². The molecule has 2 aliphatic rings. The maximum Gasteiger partial charge on any atom is 0.164 e. The molecule has 8 nitrogen and oxygen atoms in total. The number of hydrogen-bond acceptors (Lipinski definition) is 6. The normalized spacial score (nSPS) is 11.8. The lowest BCUT2D eigenvalue weighted by molar-refractivity contribution is 1.19. The molecule has 270 valence electrons. The van der Waals surface area contributed by atoms with Crippen LogP contribution in [-0.4, -0.2) is 39.9 Å². The van der Waals surface area contributed by atoms with Crippen LogP contribution in [0, 0.1) is 0 Å². The molecule has 5 heterocycles. The minimum Gasteiger partial charge on any atom is -0.324 e. The number of H-pyrrole nitrogens is 2. The van der Waals surface area contributed by atoms with E-state index < -0.39 is 0 Å². The van der Waals surface area contributed by atoms with E-state index >= 15 is 0 Å². The fourth-order valence-corrected chi connectivity index (χ4v) is 8.44. The first-order valence-corrected chi connectivity index (χ1v) is 19.2. The molecule has 2 aliphatic heterocycles. The summed E-state index contributed by atoms with van der Waals surface area (Å²) in [4.78, 5) is 38.7. The zero-order valence-corrected chi connectivity index (χ0v) is 30.8. The minimum absolute atomic E-state index is 0.559. The highest BCUT2D eigenvalue weighted by molar-refractivity contribution is 6.19. The maximum absolute atomic E-state index is 5.44. The van der Waals surface area contributed by atoms with Gasteiger partial charge < -0.3 is 9.97 Å². The van der Waals surface area contributed by atoms with Crippen molar-refractivity contribution in [2.45, 2.75) is 0 Å². The van der Waals surface area contributed by atoms with Crippen LogP contribution in [0.3, 0.4) is 0 Å². The molecule has 8 heteroatoms. The first-order valence-electron chi connectivity index (χ1n) is 19.2. The van der Waals surface area contributed by atoms with Crippen molar-refractivity contribution in [1.29, 1.82) is 0 Å². The van der Waals surface area contributed by atoms with Gasteiger partial charge in [0.2, 0.25) is 0 Å². The number of nitrogens with zero attached hydrogens (tertiary/aromatic N) is 6. The first kappa shape index (κ1) is 32.2. The Balaban J connectivity index is 1.32. The van der Waals surface area contributed by atoms with E-state index in [1.165, 1.54) is 0 Å². The van der Waals surface area contributed by atoms with E-state index in [-0.39, 0.29) is 0 Å². The van der Waals surface area contributed by atoms with Gasteiger partial charge in [0.25, 0.3) is 0 Å². The molecule has 0 saturated carbocycles. The molecular weight excluding hydrogens is 713 g/mol. The molecule has 0 aliphatic carbocycles. The molecule has 3 aromatic heterocycles. The highest BCUT2D eigenvalue weighted by atomic mass is 15.1. The van der Waals surface area contributed by atoms with Gasteiger partial charge in [0.05, 0.1) is 0 Å². The van der Waals surface area contributed by atoms with Crippen molar-refractivity contribution in [1.82, 2.24) is 39.9 Å². The zero-order valence-electron chi connectivity index (χ0n) is 30.8. The number of hydrogen-bond donors (Lipinski definition) is 2. The summed E-state index contributed by atoms with van der Waals surface area (Å²) in [5.74, 6) is 2.26. The summed E-state index contributed by atoms with van der Waals surface area (Å²) in [6.45, 7) is 0. The van der Waals surface area contributed by atoms with Gasteiger partial charge in [0.1, 0.15) is 22.6 Å². The van der Waals surface area contributed by atoms with Crippen LogP contribution >= 0.6 is 0 Å². The summed E-state index contributed by atoms with van der Waals surface area (Å²) < 4.78 is 0. The standard InChI is InChI=1S/C50H30N8/c1-4-16-29(17-5-1)38-28-39-42(41(31-20-8-3-9-21-31)40(38)30-18-6-2-7-19-30)50-57-48-37-27-15-14-26-36(37)46(55-48)53-44-33-23-11-10-22-32(33)43(51-44)52-45-34-24-12-13-25-35(34)47(54-45)56-49(39)58-50/h1-28H,(H2,51,52,53,54,55,56,57,58). The minimum atomic E-state index is 0.559. The average Bonchev–Trinajstić information content (AvgIpc) is 4.02. The molecule has 0 radical (unpaired) electrons. The van der Waals surface area contributed by atoms with Crippen molar-refractivity contribution >= 4 is 44.1 Å². The Morgan fingerprint density at radius 2 is 0.638 bits per heavy atom. The molecule has 0 unspecified atom stereocenters. The van der Waals surface area contributed by atoms with Crippen LogP contribution in [0.1, 0.15) is 0 Å². The smallest absolute Gasteiger partial charge is 0.164 e. The quantitative estimate of drug-likeness (QED) is 0.187. The van der Waals surface area contributed by atoms with Crippen molar-refractivity contribution in [3.05, 3.63) is 170 Å². The first-order chi connectivity index (χ1) is 28.7. The lowest BCUT2D eigenvalue weighted by Crippen LogP contribution is -1.93. The van der Waals surface area contributed by atoms with Crippen LogP contribution in [0.2, 0.25) is 0 Å². The lowest BCUT2D eigenvalue weighted by Gasteiger charge is -2.18. The molecule has 7 aromatic carbocycles. The van der Waals surface area contributed by atoms with Gasteiger partial charge in [-0.3, -0.25) is 0 Å². The van der Waals surface area contributed by atoms with Crippen molar-refractivity contribution < 1.29 is 0 Å². The SMILES string of the molecule is c1ccc(-c2cc3c4nc5nc(nc6[nH]c(nc7nc(nc([nH]4)c3c(-c3ccccc3)c2-c2ccccc2)-c2ccccc2-7)c2ccccc62)-c2ccccc2-5)cc1. The van der Waals surface area contributed by atoms with E-state index in [0.717, 1.165) is 77.2 Å². The van der Waals surface area contributed by atoms with E-state index in [4.69, 9.17) is 29.9 Å². The topological polar surface area (TPSA) is 109 Å². The van der Waals surface area contributed by atoms with Gasteiger partial charge in [-0.25, -0.2) is 29.9 Å². The Morgan fingerprint density at radius 1 is 0.276 bits per heavy atom. The molecular formula is C50H30N8. The Kier molecular flexibility index (Phi) is 7.06. The van der Waals surface area contributed by atoms with Gasteiger partial charge >= 0.3 is 0 Å². The summed E-state index contributed by atoms with van der Waals surface area (Å²) in [5, 5.41) is 3.71. The van der Waals surface area contributed by atoms with E-state index in [2.05, 4.69) is 137 Å². The van der Waals surface area contributed by atoms with Crippen LogP contribution in [0.5, 0.6) is 0 Å². The second-order valence-electron chi connectivity index (χ2n) is 14.4. The monoisotopic (exact) mass is 742 g/mol. The highest BCUT2D eigenvalue weighted by Gasteiger charge is 2.25. The maximum atomic E-state index is 5.44. The molecule has 12 rings (SSSR count). The number of benzene rings is 7. The van der Waals surface area contributed by atoms with Gasteiger partial charge in [0.15, 0.2) is 23.3 Å². The van der Waals surface area contributed by atoms with Gasteiger partial charge in [0, 0.05) is 49.4 Å². The molecule has 58 heavy (non-hydrogen) atoms. The number of fused-ring (bicyclic) bond motifs is 20. The third-order valence-electron chi connectivity index (χ3n) is 11.1. The fraction of sp³-hybridized carbons (Fsp3) is 0. The molecule has 0 amide bonds. The average molecular weight is 743 g/mol. The van der Waals surface area contributed by atoms with Gasteiger partial charge in [-0.15, -0.1) is 0 Å². The van der Waals surface area contributed by atoms with E-state index in [1.807, 2.05) is 42.5 Å². The van der Waals surface area contributed by atoms with Gasteiger partial charge in [-0.2, -0.15) is 0 Å². The van der Waals surface area contributed by atoms with Gasteiger partial charge in [-0.1, -0.05) is 164 Å². The Hall–Kier alpha value is -8.10. The zero-order chi connectivity index (χ0) is 38.2. The molecule has 0 saturated heterocycles. The number of nitrogens with one attached hydrogen (secondary N) is 2. The van der Waals surface area contributed by atoms with Crippen LogP contribution < -0.4 is 0 Å². The van der Waals surface area contributed by atoms with Crippen molar-refractivity contribution in [3.63, 3.8) is 0 Å². The molecule has 0 atom stereocenters. The van der Waals surface area contributed by atoms with E-state index in [9.17, 15) is 0 Å². The predicted molar refractivity (Wildman–Crippen MR) is 232 cm³/mol.